The van der Waals surface area contributed by atoms with Crippen LogP contribution in [0.3, 0.4) is 0 Å². The van der Waals surface area contributed by atoms with Crippen LogP contribution in [-0.2, 0) is 28.5 Å². The highest BCUT2D eigenvalue weighted by Gasteiger charge is 2.15. The molecule has 0 aliphatic rings. The van der Waals surface area contributed by atoms with Gasteiger partial charge in [-0.25, -0.2) is 0 Å². The summed E-state index contributed by atoms with van der Waals surface area (Å²) < 4.78 is 28.1. The van der Waals surface area contributed by atoms with Crippen LogP contribution in [0, 0.1) is 0 Å². The quantitative estimate of drug-likeness (QED) is 0.127. The zero-order chi connectivity index (χ0) is 19.5. The minimum absolute atomic E-state index is 0.241. The smallest absolute Gasteiger partial charge is 0.308 e. The van der Waals surface area contributed by atoms with Gasteiger partial charge in [-0.3, -0.25) is 4.79 Å². The summed E-state index contributed by atoms with van der Waals surface area (Å²) in [7, 11) is 0. The molecule has 0 aliphatic heterocycles. The van der Waals surface area contributed by atoms with Gasteiger partial charge in [0.15, 0.2) is 0 Å². The molecule has 0 rings (SSSR count). The lowest BCUT2D eigenvalue weighted by Gasteiger charge is -2.19. The van der Waals surface area contributed by atoms with Gasteiger partial charge >= 0.3 is 5.97 Å². The first-order chi connectivity index (χ1) is 12.5. The summed E-state index contributed by atoms with van der Waals surface area (Å²) in [6, 6.07) is 0. The summed E-state index contributed by atoms with van der Waals surface area (Å²) in [5.74, 6) is -0.241. The van der Waals surface area contributed by atoms with Gasteiger partial charge in [-0.15, -0.1) is 0 Å². The van der Waals surface area contributed by atoms with E-state index in [1.165, 1.54) is 23.7 Å². The van der Waals surface area contributed by atoms with Crippen LogP contribution >= 0.6 is 22.6 Å². The Hall–Kier alpha value is 0.0400. The minimum atomic E-state index is -0.445. The molecule has 0 aromatic carbocycles. The normalized spacial score (nSPS) is 11.7. The molecule has 0 aromatic rings. The topological polar surface area (TPSA) is 63.2 Å². The fraction of sp³-hybridized carbons (Fsp3) is 0.947. The fourth-order valence-corrected chi connectivity index (χ4v) is 2.50. The number of unbranched alkanes of at least 4 members (excludes halogenated alkanes) is 3. The van der Waals surface area contributed by atoms with Crippen LogP contribution < -0.4 is 0 Å². The average molecular weight is 488 g/mol. The molecule has 0 heterocycles. The number of alkyl halides is 1. The predicted octanol–water partition coefficient (Wildman–Crippen LogP) is 3.78. The molecule has 6 nitrogen and oxygen atoms in total. The molecule has 0 saturated heterocycles. The lowest BCUT2D eigenvalue weighted by molar-refractivity contribution is -0.156. The maximum atomic E-state index is 11.5. The summed E-state index contributed by atoms with van der Waals surface area (Å²) >= 11 is 2.41. The maximum Gasteiger partial charge on any atom is 0.308 e. The molecule has 0 fully saturated rings. The van der Waals surface area contributed by atoms with Crippen molar-refractivity contribution in [1.29, 1.82) is 0 Å². The number of hydrogen-bond donors (Lipinski definition) is 0. The lowest BCUT2D eigenvalue weighted by atomic mass is 10.2. The molecule has 0 aliphatic carbocycles. The van der Waals surface area contributed by atoms with Gasteiger partial charge in [0, 0.05) is 6.61 Å². The van der Waals surface area contributed by atoms with Crippen LogP contribution in [0.2, 0.25) is 0 Å². The van der Waals surface area contributed by atoms with Crippen molar-refractivity contribution in [1.82, 2.24) is 0 Å². The summed E-state index contributed by atoms with van der Waals surface area (Å²) in [5.41, 5.74) is -0.445. The molecule has 0 radical (unpaired) electrons. The molecule has 0 aromatic heterocycles. The van der Waals surface area contributed by atoms with E-state index in [1.807, 2.05) is 20.8 Å². The molecule has 26 heavy (non-hydrogen) atoms. The Balaban J connectivity index is 3.12. The molecule has 0 unspecified atom stereocenters. The first kappa shape index (κ1) is 26.0. The van der Waals surface area contributed by atoms with E-state index in [9.17, 15) is 4.79 Å². The van der Waals surface area contributed by atoms with Crippen molar-refractivity contribution in [3.8, 4) is 0 Å². The molecule has 0 spiro atoms. The van der Waals surface area contributed by atoms with Crippen molar-refractivity contribution < 1.29 is 28.5 Å². The molecule has 0 saturated carbocycles. The van der Waals surface area contributed by atoms with E-state index < -0.39 is 5.60 Å². The summed E-state index contributed by atoms with van der Waals surface area (Å²) in [6.07, 6.45) is 5.24. The molecule has 7 heteroatoms. The number of esters is 1. The van der Waals surface area contributed by atoms with Gasteiger partial charge in [0.05, 0.1) is 52.7 Å². The summed E-state index contributed by atoms with van der Waals surface area (Å²) in [4.78, 5) is 11.5. The predicted molar refractivity (Wildman–Crippen MR) is 111 cm³/mol. The number of halogens is 1. The van der Waals surface area contributed by atoms with E-state index in [1.54, 1.807) is 0 Å². The number of hydrogen-bond acceptors (Lipinski definition) is 6. The van der Waals surface area contributed by atoms with Gasteiger partial charge in [-0.2, -0.15) is 0 Å². The highest BCUT2D eigenvalue weighted by Crippen LogP contribution is 2.08. The van der Waals surface area contributed by atoms with Crippen molar-refractivity contribution in [2.45, 2.75) is 58.5 Å². The van der Waals surface area contributed by atoms with Crippen LogP contribution in [0.1, 0.15) is 52.9 Å². The molecule has 0 atom stereocenters. The summed E-state index contributed by atoms with van der Waals surface area (Å²) in [6.45, 7) is 10.00. The van der Waals surface area contributed by atoms with E-state index in [2.05, 4.69) is 22.6 Å². The average Bonchev–Trinajstić information content (AvgIpc) is 2.56. The number of carbonyl (C=O) groups excluding carboxylic acids is 1. The maximum absolute atomic E-state index is 11.5. The highest BCUT2D eigenvalue weighted by atomic mass is 127. The van der Waals surface area contributed by atoms with E-state index >= 15 is 0 Å². The van der Waals surface area contributed by atoms with E-state index in [0.717, 1.165) is 13.0 Å². The molecular weight excluding hydrogens is 451 g/mol. The monoisotopic (exact) mass is 488 g/mol. The summed E-state index contributed by atoms with van der Waals surface area (Å²) in [5, 5.41) is 0. The first-order valence-corrected chi connectivity index (χ1v) is 11.1. The minimum Gasteiger partial charge on any atom is -0.460 e. The van der Waals surface area contributed by atoms with Gasteiger partial charge in [-0.1, -0.05) is 35.4 Å². The molecule has 0 N–H and O–H groups in total. The zero-order valence-electron chi connectivity index (χ0n) is 16.7. The number of carbonyl (C=O) groups is 1. The molecular formula is C19H37IO6. The van der Waals surface area contributed by atoms with Gasteiger partial charge < -0.3 is 23.7 Å². The fourth-order valence-electron chi connectivity index (χ4n) is 1.96. The Labute approximate surface area is 172 Å². The second kappa shape index (κ2) is 18.4. The van der Waals surface area contributed by atoms with Crippen molar-refractivity contribution in [2.75, 3.05) is 57.3 Å². The van der Waals surface area contributed by atoms with Gasteiger partial charge in [-0.05, 0) is 38.0 Å². The third-order valence-electron chi connectivity index (χ3n) is 3.16. The van der Waals surface area contributed by atoms with Crippen molar-refractivity contribution >= 4 is 28.6 Å². The molecule has 0 amide bonds. The van der Waals surface area contributed by atoms with Gasteiger partial charge in [0.2, 0.25) is 0 Å². The zero-order valence-corrected chi connectivity index (χ0v) is 18.9. The standard InChI is InChI=1S/C19H37IO6/c1-19(2,3)26-18(21)8-11-23-13-15-25-17-16-24-14-12-22-10-7-5-4-6-9-20/h4-17H2,1-3H3. The number of rotatable bonds is 18. The van der Waals surface area contributed by atoms with Crippen LogP contribution in [0.4, 0.5) is 0 Å². The second-order valence-corrected chi connectivity index (χ2v) is 7.97. The first-order valence-electron chi connectivity index (χ1n) is 9.54. The van der Waals surface area contributed by atoms with Crippen molar-refractivity contribution in [3.63, 3.8) is 0 Å². The molecule has 0 bridgehead atoms. The van der Waals surface area contributed by atoms with Gasteiger partial charge in [0.25, 0.3) is 0 Å². The SMILES string of the molecule is CC(C)(C)OC(=O)CCOCCOCCOCCOCCCCCCI. The Morgan fingerprint density at radius 3 is 1.65 bits per heavy atom. The van der Waals surface area contributed by atoms with Crippen LogP contribution in [0.25, 0.3) is 0 Å². The Bertz CT molecular complexity index is 320. The van der Waals surface area contributed by atoms with E-state index in [0.29, 0.717) is 46.2 Å². The largest absolute Gasteiger partial charge is 0.460 e. The van der Waals surface area contributed by atoms with Crippen molar-refractivity contribution in [2.24, 2.45) is 0 Å². The third-order valence-corrected chi connectivity index (χ3v) is 3.92. The van der Waals surface area contributed by atoms with Gasteiger partial charge in [0.1, 0.15) is 5.60 Å². The lowest BCUT2D eigenvalue weighted by Crippen LogP contribution is -2.24. The van der Waals surface area contributed by atoms with Crippen LogP contribution in [0.15, 0.2) is 0 Å². The number of ether oxygens (including phenoxy) is 5. The second-order valence-electron chi connectivity index (χ2n) is 6.89. The Kier molecular flexibility index (Phi) is 18.4. The Morgan fingerprint density at radius 2 is 1.15 bits per heavy atom. The van der Waals surface area contributed by atoms with E-state index in [-0.39, 0.29) is 12.4 Å². The van der Waals surface area contributed by atoms with E-state index in [4.69, 9.17) is 23.7 Å². The van der Waals surface area contributed by atoms with Crippen LogP contribution in [-0.4, -0.2) is 68.9 Å². The molecule has 156 valence electrons. The Morgan fingerprint density at radius 1 is 0.692 bits per heavy atom. The third kappa shape index (κ3) is 22.1. The van der Waals surface area contributed by atoms with Crippen LogP contribution in [0.5, 0.6) is 0 Å². The highest BCUT2D eigenvalue weighted by molar-refractivity contribution is 14.1. The van der Waals surface area contributed by atoms with Crippen molar-refractivity contribution in [3.05, 3.63) is 0 Å².